The molecule has 0 aromatic heterocycles. The first-order valence-electron chi connectivity index (χ1n) is 8.23. The maximum Gasteiger partial charge on any atom is 0.193 e. The summed E-state index contributed by atoms with van der Waals surface area (Å²) >= 11 is 0. The molecule has 134 valence electrons. The molecule has 5 heteroatoms. The van der Waals surface area contributed by atoms with Gasteiger partial charge in [0.2, 0.25) is 0 Å². The number of methoxy groups -OCH3 is 1. The highest BCUT2D eigenvalue weighted by Crippen LogP contribution is 2.31. The Labute approximate surface area is 149 Å². The molecule has 25 heavy (non-hydrogen) atoms. The molecule has 0 aliphatic rings. The normalized spacial score (nSPS) is 10.3. The second-order valence-electron chi connectivity index (χ2n) is 6.12. The van der Waals surface area contributed by atoms with Gasteiger partial charge >= 0.3 is 0 Å². The maximum absolute atomic E-state index is 12.9. The summed E-state index contributed by atoms with van der Waals surface area (Å²) in [5, 5.41) is 0. The van der Waals surface area contributed by atoms with Gasteiger partial charge in [0.25, 0.3) is 0 Å². The van der Waals surface area contributed by atoms with Gasteiger partial charge in [-0.2, -0.15) is 0 Å². The average molecular weight is 342 g/mol. The largest absolute Gasteiger partial charge is 0.495 e. The summed E-state index contributed by atoms with van der Waals surface area (Å²) in [4.78, 5) is 16.8. The average Bonchev–Trinajstić information content (AvgIpc) is 2.60. The van der Waals surface area contributed by atoms with Crippen LogP contribution in [-0.2, 0) is 0 Å². The molecule has 0 aliphatic heterocycles. The third kappa shape index (κ3) is 4.05. The Morgan fingerprint density at radius 3 is 1.80 bits per heavy atom. The molecule has 0 spiro atoms. The lowest BCUT2D eigenvalue weighted by atomic mass is 10.0. The second-order valence-corrected chi connectivity index (χ2v) is 6.12. The van der Waals surface area contributed by atoms with Crippen LogP contribution in [0.4, 0.5) is 11.4 Å². The van der Waals surface area contributed by atoms with Crippen LogP contribution in [0.1, 0.15) is 22.8 Å². The number of nitrogens with zero attached hydrogens (tertiary/aromatic N) is 2. The fourth-order valence-corrected chi connectivity index (χ4v) is 2.65. The Balaban J connectivity index is 2.42. The number of ether oxygens (including phenoxy) is 2. The fourth-order valence-electron chi connectivity index (χ4n) is 2.65. The van der Waals surface area contributed by atoms with Crippen LogP contribution >= 0.6 is 0 Å². The van der Waals surface area contributed by atoms with Crippen molar-refractivity contribution in [2.75, 3.05) is 51.7 Å². The molecule has 0 radical (unpaired) electrons. The number of hydrogen-bond acceptors (Lipinski definition) is 5. The van der Waals surface area contributed by atoms with Gasteiger partial charge in [0.15, 0.2) is 5.78 Å². The van der Waals surface area contributed by atoms with Crippen molar-refractivity contribution in [2.24, 2.45) is 0 Å². The zero-order valence-corrected chi connectivity index (χ0v) is 15.8. The quantitative estimate of drug-likeness (QED) is 0.721. The van der Waals surface area contributed by atoms with Gasteiger partial charge < -0.3 is 19.3 Å². The van der Waals surface area contributed by atoms with Crippen LogP contribution < -0.4 is 19.3 Å². The number of ketones is 1. The van der Waals surface area contributed by atoms with E-state index in [2.05, 4.69) is 0 Å². The lowest BCUT2D eigenvalue weighted by molar-refractivity contribution is 0.103. The van der Waals surface area contributed by atoms with Crippen LogP contribution in [0.15, 0.2) is 36.4 Å². The van der Waals surface area contributed by atoms with Gasteiger partial charge in [-0.3, -0.25) is 4.79 Å². The van der Waals surface area contributed by atoms with E-state index >= 15 is 0 Å². The number of benzene rings is 2. The third-order valence-electron chi connectivity index (χ3n) is 3.93. The number of rotatable bonds is 7. The minimum Gasteiger partial charge on any atom is -0.495 e. The van der Waals surface area contributed by atoms with Crippen LogP contribution in [0.5, 0.6) is 11.5 Å². The number of anilines is 2. The van der Waals surface area contributed by atoms with E-state index in [-0.39, 0.29) is 5.78 Å². The summed E-state index contributed by atoms with van der Waals surface area (Å²) in [6.07, 6.45) is 0. The molecule has 2 aromatic rings. The highest BCUT2D eigenvalue weighted by Gasteiger charge is 2.16. The molecule has 2 aromatic carbocycles. The number of carbonyl (C=O) groups is 1. The highest BCUT2D eigenvalue weighted by molar-refractivity contribution is 6.10. The van der Waals surface area contributed by atoms with Crippen LogP contribution in [0.3, 0.4) is 0 Å². The maximum atomic E-state index is 12.9. The van der Waals surface area contributed by atoms with E-state index in [4.69, 9.17) is 9.47 Å². The number of hydrogen-bond donors (Lipinski definition) is 0. The Bertz CT molecular complexity index is 755. The first-order chi connectivity index (χ1) is 11.9. The molecule has 0 saturated carbocycles. The van der Waals surface area contributed by atoms with Gasteiger partial charge in [-0.1, -0.05) is 0 Å². The topological polar surface area (TPSA) is 42.0 Å². The Kier molecular flexibility index (Phi) is 5.91. The van der Waals surface area contributed by atoms with Crippen molar-refractivity contribution in [1.82, 2.24) is 0 Å². The van der Waals surface area contributed by atoms with Crippen molar-refractivity contribution in [2.45, 2.75) is 6.92 Å². The first kappa shape index (κ1) is 18.6. The Morgan fingerprint density at radius 1 is 0.880 bits per heavy atom. The first-order valence-corrected chi connectivity index (χ1v) is 8.23. The monoisotopic (exact) mass is 342 g/mol. The number of carbonyl (C=O) groups excluding carboxylic acids is 1. The van der Waals surface area contributed by atoms with Crippen LogP contribution in [0.2, 0.25) is 0 Å². The van der Waals surface area contributed by atoms with Gasteiger partial charge in [0, 0.05) is 39.3 Å². The van der Waals surface area contributed by atoms with Gasteiger partial charge in [-0.15, -0.1) is 0 Å². The minimum atomic E-state index is -0.0603. The van der Waals surface area contributed by atoms with Gasteiger partial charge in [0.1, 0.15) is 11.5 Å². The smallest absolute Gasteiger partial charge is 0.193 e. The molecule has 0 N–H and O–H groups in total. The molecular weight excluding hydrogens is 316 g/mol. The predicted molar refractivity (Wildman–Crippen MR) is 103 cm³/mol. The fraction of sp³-hybridized carbons (Fsp3) is 0.350. The third-order valence-corrected chi connectivity index (χ3v) is 3.93. The predicted octanol–water partition coefficient (Wildman–Crippen LogP) is 3.46. The summed E-state index contributed by atoms with van der Waals surface area (Å²) in [6, 6.07) is 11.0. The van der Waals surface area contributed by atoms with E-state index in [0.29, 0.717) is 29.2 Å². The summed E-state index contributed by atoms with van der Waals surface area (Å²) in [6.45, 7) is 2.47. The SMILES string of the molecule is CCOc1cc(C(=O)c2ccc(N(C)C)c(OC)c2)ccc1N(C)C. The van der Waals surface area contributed by atoms with Crippen molar-refractivity contribution >= 4 is 17.2 Å². The summed E-state index contributed by atoms with van der Waals surface area (Å²) in [5.41, 5.74) is 3.05. The molecule has 0 amide bonds. The van der Waals surface area contributed by atoms with Crippen molar-refractivity contribution in [3.63, 3.8) is 0 Å². The van der Waals surface area contributed by atoms with Crippen molar-refractivity contribution in [3.05, 3.63) is 47.5 Å². The molecule has 0 fully saturated rings. The van der Waals surface area contributed by atoms with Crippen molar-refractivity contribution < 1.29 is 14.3 Å². The standard InChI is InChI=1S/C20H26N2O3/c1-7-25-19-13-15(9-11-17(19)22(4)5)20(23)14-8-10-16(21(2)3)18(12-14)24-6/h8-13H,7H2,1-6H3. The second kappa shape index (κ2) is 7.92. The van der Waals surface area contributed by atoms with E-state index in [1.54, 1.807) is 19.2 Å². The van der Waals surface area contributed by atoms with Crippen molar-refractivity contribution in [1.29, 1.82) is 0 Å². The minimum absolute atomic E-state index is 0.0603. The highest BCUT2D eigenvalue weighted by atomic mass is 16.5. The molecule has 0 saturated heterocycles. The molecule has 5 nitrogen and oxygen atoms in total. The molecule has 0 heterocycles. The molecule has 2 rings (SSSR count). The van der Waals surface area contributed by atoms with E-state index in [1.165, 1.54) is 0 Å². The zero-order chi connectivity index (χ0) is 18.6. The van der Waals surface area contributed by atoms with E-state index < -0.39 is 0 Å². The van der Waals surface area contributed by atoms with Crippen LogP contribution in [-0.4, -0.2) is 47.7 Å². The molecular formula is C20H26N2O3. The van der Waals surface area contributed by atoms with Crippen LogP contribution in [0.25, 0.3) is 0 Å². The lowest BCUT2D eigenvalue weighted by Gasteiger charge is -2.19. The lowest BCUT2D eigenvalue weighted by Crippen LogP contribution is -2.12. The van der Waals surface area contributed by atoms with Gasteiger partial charge in [-0.05, 0) is 43.3 Å². The Morgan fingerprint density at radius 2 is 1.36 bits per heavy atom. The van der Waals surface area contributed by atoms with Crippen molar-refractivity contribution in [3.8, 4) is 11.5 Å². The summed E-state index contributed by atoms with van der Waals surface area (Å²) < 4.78 is 11.1. The van der Waals surface area contributed by atoms with Gasteiger partial charge in [0.05, 0.1) is 25.1 Å². The van der Waals surface area contributed by atoms with E-state index in [9.17, 15) is 4.79 Å². The molecule has 0 aliphatic carbocycles. The molecule has 0 atom stereocenters. The molecule has 0 bridgehead atoms. The Hall–Kier alpha value is -2.69. The van der Waals surface area contributed by atoms with E-state index in [0.717, 1.165) is 11.4 Å². The molecule has 0 unspecified atom stereocenters. The summed E-state index contributed by atoms with van der Waals surface area (Å²) in [5.74, 6) is 1.32. The zero-order valence-electron chi connectivity index (χ0n) is 15.8. The van der Waals surface area contributed by atoms with Crippen LogP contribution in [0, 0.1) is 0 Å². The van der Waals surface area contributed by atoms with E-state index in [1.807, 2.05) is 69.2 Å². The van der Waals surface area contributed by atoms with Gasteiger partial charge in [-0.25, -0.2) is 0 Å². The summed E-state index contributed by atoms with van der Waals surface area (Å²) in [7, 11) is 9.38.